The Hall–Kier alpha value is -0.610. The molecule has 0 bridgehead atoms. The highest BCUT2D eigenvalue weighted by atomic mass is 79.9. The third-order valence-electron chi connectivity index (χ3n) is 3.84. The van der Waals surface area contributed by atoms with E-state index >= 15 is 0 Å². The summed E-state index contributed by atoms with van der Waals surface area (Å²) in [6.45, 7) is 8.39. The van der Waals surface area contributed by atoms with Crippen molar-refractivity contribution in [2.45, 2.75) is 45.7 Å². The van der Waals surface area contributed by atoms with Gasteiger partial charge in [-0.2, -0.15) is 0 Å². The third kappa shape index (κ3) is 3.29. The van der Waals surface area contributed by atoms with Crippen LogP contribution in [0.15, 0.2) is 16.6 Å². The fraction of sp³-hybridized carbons (Fsp3) is 0.600. The van der Waals surface area contributed by atoms with Crippen molar-refractivity contribution >= 4 is 21.6 Å². The van der Waals surface area contributed by atoms with E-state index in [9.17, 15) is 4.39 Å². The number of benzene rings is 1. The van der Waals surface area contributed by atoms with Gasteiger partial charge in [0, 0.05) is 30.9 Å². The van der Waals surface area contributed by atoms with Crippen LogP contribution in [0.4, 0.5) is 10.1 Å². The van der Waals surface area contributed by atoms with Crippen LogP contribution in [-0.4, -0.2) is 25.2 Å². The first kappa shape index (κ1) is 14.8. The first-order valence-corrected chi connectivity index (χ1v) is 7.78. The number of anilines is 1. The molecule has 4 heteroatoms. The van der Waals surface area contributed by atoms with Crippen molar-refractivity contribution in [3.05, 3.63) is 28.0 Å². The van der Waals surface area contributed by atoms with Gasteiger partial charge in [0.05, 0.1) is 4.47 Å². The predicted molar refractivity (Wildman–Crippen MR) is 82.3 cm³/mol. The fourth-order valence-corrected chi connectivity index (χ4v) is 3.08. The molecule has 0 aromatic heterocycles. The summed E-state index contributed by atoms with van der Waals surface area (Å²) in [5, 5.41) is 3.59. The summed E-state index contributed by atoms with van der Waals surface area (Å²) in [5.41, 5.74) is 2.15. The molecule has 0 radical (unpaired) electrons. The maximum absolute atomic E-state index is 13.5. The molecule has 1 aliphatic heterocycles. The standard InChI is InChI=1S/C15H22BrFN2/c1-4-5-12-9-19(11(3)8-18-12)15-7-13(16)14(17)6-10(15)2/h6-7,11-12,18H,4-5,8-9H2,1-3H3. The number of piperazine rings is 1. The number of nitrogens with zero attached hydrogens (tertiary/aromatic N) is 1. The Labute approximate surface area is 123 Å². The minimum Gasteiger partial charge on any atom is -0.366 e. The van der Waals surface area contributed by atoms with Gasteiger partial charge in [0.2, 0.25) is 0 Å². The van der Waals surface area contributed by atoms with E-state index in [0.29, 0.717) is 16.6 Å². The molecule has 2 atom stereocenters. The predicted octanol–water partition coefficient (Wildman–Crippen LogP) is 3.86. The van der Waals surface area contributed by atoms with Gasteiger partial charge in [0.25, 0.3) is 0 Å². The average molecular weight is 329 g/mol. The van der Waals surface area contributed by atoms with Crippen molar-refractivity contribution in [3.8, 4) is 0 Å². The van der Waals surface area contributed by atoms with E-state index in [1.165, 1.54) is 12.8 Å². The lowest BCUT2D eigenvalue weighted by atomic mass is 10.0. The van der Waals surface area contributed by atoms with Gasteiger partial charge in [-0.05, 0) is 53.9 Å². The zero-order valence-electron chi connectivity index (χ0n) is 11.8. The molecule has 2 rings (SSSR count). The number of hydrogen-bond donors (Lipinski definition) is 1. The van der Waals surface area contributed by atoms with E-state index in [1.807, 2.05) is 13.0 Å². The molecule has 2 unspecified atom stereocenters. The van der Waals surface area contributed by atoms with E-state index in [2.05, 4.69) is 40.0 Å². The van der Waals surface area contributed by atoms with E-state index in [-0.39, 0.29) is 5.82 Å². The maximum atomic E-state index is 13.5. The Morgan fingerprint density at radius 3 is 2.89 bits per heavy atom. The van der Waals surface area contributed by atoms with Crippen molar-refractivity contribution in [3.63, 3.8) is 0 Å². The van der Waals surface area contributed by atoms with E-state index in [0.717, 1.165) is 24.3 Å². The Balaban J connectivity index is 2.25. The van der Waals surface area contributed by atoms with E-state index < -0.39 is 0 Å². The van der Waals surface area contributed by atoms with Gasteiger partial charge in [-0.1, -0.05) is 13.3 Å². The van der Waals surface area contributed by atoms with Gasteiger partial charge in [-0.15, -0.1) is 0 Å². The average Bonchev–Trinajstić information content (AvgIpc) is 2.37. The van der Waals surface area contributed by atoms with Crippen LogP contribution in [-0.2, 0) is 0 Å². The van der Waals surface area contributed by atoms with Crippen LogP contribution in [0.3, 0.4) is 0 Å². The number of halogens is 2. The molecule has 1 aromatic carbocycles. The summed E-state index contributed by atoms with van der Waals surface area (Å²) in [6, 6.07) is 4.49. The van der Waals surface area contributed by atoms with Gasteiger partial charge in [0.1, 0.15) is 5.82 Å². The molecule has 0 aliphatic carbocycles. The van der Waals surface area contributed by atoms with Crippen molar-refractivity contribution in [2.75, 3.05) is 18.0 Å². The van der Waals surface area contributed by atoms with Crippen LogP contribution < -0.4 is 10.2 Å². The first-order chi connectivity index (χ1) is 9.02. The van der Waals surface area contributed by atoms with E-state index in [4.69, 9.17) is 0 Å². The highest BCUT2D eigenvalue weighted by Crippen LogP contribution is 2.30. The van der Waals surface area contributed by atoms with Crippen molar-refractivity contribution in [1.29, 1.82) is 0 Å². The number of hydrogen-bond acceptors (Lipinski definition) is 2. The van der Waals surface area contributed by atoms with Crippen LogP contribution in [0.25, 0.3) is 0 Å². The molecular formula is C15H22BrFN2. The summed E-state index contributed by atoms with van der Waals surface area (Å²) < 4.78 is 14.1. The quantitative estimate of drug-likeness (QED) is 0.906. The van der Waals surface area contributed by atoms with Crippen molar-refractivity contribution in [2.24, 2.45) is 0 Å². The summed E-state index contributed by atoms with van der Waals surface area (Å²) in [5.74, 6) is -0.186. The lowest BCUT2D eigenvalue weighted by molar-refractivity contribution is 0.386. The maximum Gasteiger partial charge on any atom is 0.137 e. The highest BCUT2D eigenvalue weighted by Gasteiger charge is 2.26. The molecule has 1 aromatic rings. The van der Waals surface area contributed by atoms with Gasteiger partial charge >= 0.3 is 0 Å². The summed E-state index contributed by atoms with van der Waals surface area (Å²) in [4.78, 5) is 2.40. The molecule has 2 nitrogen and oxygen atoms in total. The largest absolute Gasteiger partial charge is 0.366 e. The Morgan fingerprint density at radius 1 is 1.47 bits per heavy atom. The van der Waals surface area contributed by atoms with E-state index in [1.54, 1.807) is 6.07 Å². The second-order valence-corrected chi connectivity index (χ2v) is 6.30. The van der Waals surface area contributed by atoms with Gasteiger partial charge in [0.15, 0.2) is 0 Å². The second-order valence-electron chi connectivity index (χ2n) is 5.45. The Kier molecular flexibility index (Phi) is 4.85. The minimum atomic E-state index is -0.186. The Bertz CT molecular complexity index is 450. The molecular weight excluding hydrogens is 307 g/mol. The SMILES string of the molecule is CCCC1CN(c2cc(Br)c(F)cc2C)C(C)CN1. The minimum absolute atomic E-state index is 0.186. The van der Waals surface area contributed by atoms with Crippen LogP contribution in [0.2, 0.25) is 0 Å². The molecule has 19 heavy (non-hydrogen) atoms. The number of rotatable bonds is 3. The molecule has 1 aliphatic rings. The molecule has 1 saturated heterocycles. The Morgan fingerprint density at radius 2 is 2.21 bits per heavy atom. The molecule has 1 fully saturated rings. The lowest BCUT2D eigenvalue weighted by Crippen LogP contribution is -2.55. The molecule has 1 heterocycles. The topological polar surface area (TPSA) is 15.3 Å². The normalized spacial score (nSPS) is 23.7. The summed E-state index contributed by atoms with van der Waals surface area (Å²) in [7, 11) is 0. The van der Waals surface area contributed by atoms with Crippen LogP contribution in [0, 0.1) is 12.7 Å². The smallest absolute Gasteiger partial charge is 0.137 e. The van der Waals surface area contributed by atoms with Crippen molar-refractivity contribution in [1.82, 2.24) is 5.32 Å². The molecule has 106 valence electrons. The molecule has 0 spiro atoms. The third-order valence-corrected chi connectivity index (χ3v) is 4.44. The van der Waals surface area contributed by atoms with Crippen LogP contribution in [0.5, 0.6) is 0 Å². The number of nitrogens with one attached hydrogen (secondary N) is 1. The molecule has 1 N–H and O–H groups in total. The first-order valence-electron chi connectivity index (χ1n) is 6.98. The monoisotopic (exact) mass is 328 g/mol. The number of aryl methyl sites for hydroxylation is 1. The van der Waals surface area contributed by atoms with Crippen molar-refractivity contribution < 1.29 is 4.39 Å². The second kappa shape index (κ2) is 6.23. The molecule has 0 amide bonds. The lowest BCUT2D eigenvalue weighted by Gasteiger charge is -2.41. The zero-order valence-corrected chi connectivity index (χ0v) is 13.4. The summed E-state index contributed by atoms with van der Waals surface area (Å²) >= 11 is 3.30. The van der Waals surface area contributed by atoms with Gasteiger partial charge < -0.3 is 10.2 Å². The molecule has 0 saturated carbocycles. The fourth-order valence-electron chi connectivity index (χ4n) is 2.75. The summed E-state index contributed by atoms with van der Waals surface area (Å²) in [6.07, 6.45) is 2.37. The zero-order chi connectivity index (χ0) is 14.0. The highest BCUT2D eigenvalue weighted by molar-refractivity contribution is 9.10. The van der Waals surface area contributed by atoms with Gasteiger partial charge in [-0.25, -0.2) is 4.39 Å². The van der Waals surface area contributed by atoms with Crippen LogP contribution >= 0.6 is 15.9 Å². The van der Waals surface area contributed by atoms with Gasteiger partial charge in [-0.3, -0.25) is 0 Å². The van der Waals surface area contributed by atoms with Crippen LogP contribution in [0.1, 0.15) is 32.3 Å².